The molecule has 1 heteroatoms. The van der Waals surface area contributed by atoms with Crippen molar-refractivity contribution in [2.24, 2.45) is 0 Å². The Balaban J connectivity index is 1.84. The summed E-state index contributed by atoms with van der Waals surface area (Å²) < 4.78 is 0. The SMILES string of the molecule is CCN1CCCCC1C[CH]c1ccccc1. The molecule has 2 rings (SSSR count). The summed E-state index contributed by atoms with van der Waals surface area (Å²) in [5.41, 5.74) is 1.36. The number of hydrogen-bond acceptors (Lipinski definition) is 1. The molecule has 0 N–H and O–H groups in total. The highest BCUT2D eigenvalue weighted by atomic mass is 15.2. The van der Waals surface area contributed by atoms with E-state index in [0.717, 1.165) is 6.04 Å². The molecule has 16 heavy (non-hydrogen) atoms. The molecule has 0 bridgehead atoms. The Morgan fingerprint density at radius 1 is 1.25 bits per heavy atom. The molecule has 1 saturated heterocycles. The van der Waals surface area contributed by atoms with Gasteiger partial charge in [0.2, 0.25) is 0 Å². The van der Waals surface area contributed by atoms with Crippen LogP contribution in [0.25, 0.3) is 0 Å². The van der Waals surface area contributed by atoms with Crippen LogP contribution in [0.5, 0.6) is 0 Å². The summed E-state index contributed by atoms with van der Waals surface area (Å²) in [6, 6.07) is 11.5. The van der Waals surface area contributed by atoms with E-state index in [1.165, 1.54) is 44.3 Å². The zero-order chi connectivity index (χ0) is 11.2. The molecule has 1 radical (unpaired) electrons. The molecule has 1 heterocycles. The summed E-state index contributed by atoms with van der Waals surface area (Å²) in [5, 5.41) is 0. The van der Waals surface area contributed by atoms with Crippen molar-refractivity contribution in [3.63, 3.8) is 0 Å². The van der Waals surface area contributed by atoms with E-state index in [-0.39, 0.29) is 0 Å². The van der Waals surface area contributed by atoms with Crippen LogP contribution in [-0.4, -0.2) is 24.0 Å². The summed E-state index contributed by atoms with van der Waals surface area (Å²) >= 11 is 0. The lowest BCUT2D eigenvalue weighted by Gasteiger charge is -2.34. The lowest BCUT2D eigenvalue weighted by Crippen LogP contribution is -2.39. The molecule has 0 aliphatic carbocycles. The number of likely N-dealkylation sites (tertiary alicyclic amines) is 1. The Labute approximate surface area is 99.5 Å². The molecule has 1 nitrogen and oxygen atoms in total. The van der Waals surface area contributed by atoms with Crippen LogP contribution >= 0.6 is 0 Å². The van der Waals surface area contributed by atoms with E-state index in [1.54, 1.807) is 0 Å². The van der Waals surface area contributed by atoms with Crippen molar-refractivity contribution < 1.29 is 0 Å². The first-order chi connectivity index (χ1) is 7.90. The molecular formula is C15H22N. The third kappa shape index (κ3) is 3.08. The van der Waals surface area contributed by atoms with E-state index in [4.69, 9.17) is 0 Å². The third-order valence-electron chi connectivity index (χ3n) is 3.58. The van der Waals surface area contributed by atoms with Crippen LogP contribution in [0.3, 0.4) is 0 Å². The number of benzene rings is 1. The first kappa shape index (κ1) is 11.7. The van der Waals surface area contributed by atoms with Crippen molar-refractivity contribution in [3.8, 4) is 0 Å². The van der Waals surface area contributed by atoms with Gasteiger partial charge in [0.15, 0.2) is 0 Å². The zero-order valence-corrected chi connectivity index (χ0v) is 10.2. The number of nitrogens with zero attached hydrogens (tertiary/aromatic N) is 1. The van der Waals surface area contributed by atoms with Crippen LogP contribution in [0.2, 0.25) is 0 Å². The minimum absolute atomic E-state index is 0.777. The van der Waals surface area contributed by atoms with Gasteiger partial charge in [0.25, 0.3) is 0 Å². The van der Waals surface area contributed by atoms with E-state index in [2.05, 4.69) is 48.6 Å². The van der Waals surface area contributed by atoms with E-state index in [0.29, 0.717) is 0 Å². The summed E-state index contributed by atoms with van der Waals surface area (Å²) in [6.45, 7) is 4.78. The van der Waals surface area contributed by atoms with E-state index >= 15 is 0 Å². The van der Waals surface area contributed by atoms with Gasteiger partial charge in [-0.3, -0.25) is 0 Å². The van der Waals surface area contributed by atoms with Gasteiger partial charge in [-0.05, 0) is 44.3 Å². The highest BCUT2D eigenvalue weighted by Crippen LogP contribution is 2.21. The molecule has 1 aromatic carbocycles. The summed E-state index contributed by atoms with van der Waals surface area (Å²) in [4.78, 5) is 2.63. The monoisotopic (exact) mass is 216 g/mol. The summed E-state index contributed by atoms with van der Waals surface area (Å²) in [5.74, 6) is 0. The fraction of sp³-hybridized carbons (Fsp3) is 0.533. The van der Waals surface area contributed by atoms with E-state index in [1.807, 2.05) is 0 Å². The summed E-state index contributed by atoms with van der Waals surface area (Å²) in [7, 11) is 0. The summed E-state index contributed by atoms with van der Waals surface area (Å²) in [6.07, 6.45) is 7.76. The van der Waals surface area contributed by atoms with Gasteiger partial charge in [0.1, 0.15) is 0 Å². The average Bonchev–Trinajstić information content (AvgIpc) is 2.38. The molecule has 1 aromatic rings. The maximum atomic E-state index is 2.63. The second-order valence-corrected chi connectivity index (χ2v) is 4.63. The molecule has 0 saturated carbocycles. The molecule has 1 atom stereocenters. The van der Waals surface area contributed by atoms with Crippen molar-refractivity contribution >= 4 is 0 Å². The van der Waals surface area contributed by atoms with Crippen LogP contribution in [0.15, 0.2) is 30.3 Å². The largest absolute Gasteiger partial charge is 0.301 e. The number of rotatable bonds is 4. The predicted octanol–water partition coefficient (Wildman–Crippen LogP) is 3.50. The minimum Gasteiger partial charge on any atom is -0.301 e. The quantitative estimate of drug-likeness (QED) is 0.744. The van der Waals surface area contributed by atoms with Gasteiger partial charge in [-0.25, -0.2) is 0 Å². The Morgan fingerprint density at radius 3 is 2.81 bits per heavy atom. The van der Waals surface area contributed by atoms with Crippen molar-refractivity contribution in [2.45, 2.75) is 38.6 Å². The van der Waals surface area contributed by atoms with Gasteiger partial charge in [0.05, 0.1) is 0 Å². The fourth-order valence-corrected chi connectivity index (χ4v) is 2.60. The smallest absolute Gasteiger partial charge is 0.0101 e. The molecule has 1 fully saturated rings. The van der Waals surface area contributed by atoms with Gasteiger partial charge < -0.3 is 4.90 Å². The standard InChI is InChI=1S/C15H22N/c1-2-16-13-7-6-10-15(16)12-11-14-8-4-3-5-9-14/h3-5,8-9,11,15H,2,6-7,10,12-13H2,1H3. The highest BCUT2D eigenvalue weighted by Gasteiger charge is 2.20. The Bertz CT molecular complexity index is 294. The van der Waals surface area contributed by atoms with Crippen molar-refractivity contribution in [1.29, 1.82) is 0 Å². The topological polar surface area (TPSA) is 3.24 Å². The maximum Gasteiger partial charge on any atom is 0.0101 e. The molecule has 87 valence electrons. The Morgan fingerprint density at radius 2 is 2.06 bits per heavy atom. The second kappa shape index (κ2) is 6.05. The van der Waals surface area contributed by atoms with Crippen LogP contribution in [-0.2, 0) is 0 Å². The number of piperidine rings is 1. The van der Waals surface area contributed by atoms with Gasteiger partial charge in [-0.2, -0.15) is 0 Å². The minimum atomic E-state index is 0.777. The molecule has 1 aliphatic heterocycles. The van der Waals surface area contributed by atoms with Gasteiger partial charge in [-0.1, -0.05) is 43.7 Å². The molecule has 0 spiro atoms. The van der Waals surface area contributed by atoms with E-state index < -0.39 is 0 Å². The first-order valence-corrected chi connectivity index (χ1v) is 6.52. The lowest BCUT2D eigenvalue weighted by molar-refractivity contribution is 0.155. The Kier molecular flexibility index (Phi) is 4.41. The predicted molar refractivity (Wildman–Crippen MR) is 69.3 cm³/mol. The highest BCUT2D eigenvalue weighted by molar-refractivity contribution is 5.22. The van der Waals surface area contributed by atoms with E-state index in [9.17, 15) is 0 Å². The zero-order valence-electron chi connectivity index (χ0n) is 10.2. The van der Waals surface area contributed by atoms with Crippen molar-refractivity contribution in [3.05, 3.63) is 42.3 Å². The molecular weight excluding hydrogens is 194 g/mol. The maximum absolute atomic E-state index is 2.63. The molecule has 0 aromatic heterocycles. The molecule has 1 unspecified atom stereocenters. The van der Waals surface area contributed by atoms with Crippen molar-refractivity contribution in [1.82, 2.24) is 4.90 Å². The number of hydrogen-bond donors (Lipinski definition) is 0. The second-order valence-electron chi connectivity index (χ2n) is 4.63. The fourth-order valence-electron chi connectivity index (χ4n) is 2.60. The average molecular weight is 216 g/mol. The van der Waals surface area contributed by atoms with Crippen molar-refractivity contribution in [2.75, 3.05) is 13.1 Å². The van der Waals surface area contributed by atoms with Gasteiger partial charge in [0, 0.05) is 6.04 Å². The first-order valence-electron chi connectivity index (χ1n) is 6.52. The normalized spacial score (nSPS) is 22.2. The van der Waals surface area contributed by atoms with Crippen LogP contribution in [0.4, 0.5) is 0 Å². The Hall–Kier alpha value is -0.820. The molecule has 0 amide bonds. The third-order valence-corrected chi connectivity index (χ3v) is 3.58. The van der Waals surface area contributed by atoms with Crippen LogP contribution < -0.4 is 0 Å². The van der Waals surface area contributed by atoms with Gasteiger partial charge in [-0.15, -0.1) is 0 Å². The molecule has 1 aliphatic rings. The van der Waals surface area contributed by atoms with Crippen LogP contribution in [0.1, 0.15) is 38.2 Å². The lowest BCUT2D eigenvalue weighted by atomic mass is 9.96. The van der Waals surface area contributed by atoms with Crippen LogP contribution in [0, 0.1) is 6.42 Å². The van der Waals surface area contributed by atoms with Gasteiger partial charge >= 0.3 is 0 Å².